The van der Waals surface area contributed by atoms with Crippen LogP contribution in [-0.2, 0) is 4.74 Å². The number of thioether (sulfide) groups is 1. The minimum absolute atomic E-state index is 0.394. The van der Waals surface area contributed by atoms with Crippen molar-refractivity contribution in [1.82, 2.24) is 0 Å². The van der Waals surface area contributed by atoms with E-state index in [1.807, 2.05) is 7.11 Å². The van der Waals surface area contributed by atoms with Crippen LogP contribution in [0.1, 0.15) is 98.3 Å². The lowest BCUT2D eigenvalue weighted by molar-refractivity contribution is -0.111. The molecule has 7 atom stereocenters. The standard InChI is InChI=1S/C26H46OS/c1-24(2,28-17-16-27-5)18-20-10-12-22-21-11-9-19-8-6-7-14-25(19,3)23(21)13-15-26(20,22)4/h19-23H,6-18H2,1-5H3. The molecule has 2 heteroatoms. The molecular weight excluding hydrogens is 360 g/mol. The van der Waals surface area contributed by atoms with E-state index in [1.54, 1.807) is 19.3 Å². The van der Waals surface area contributed by atoms with E-state index in [0.29, 0.717) is 15.6 Å². The van der Waals surface area contributed by atoms with E-state index in [-0.39, 0.29) is 0 Å². The number of rotatable bonds is 6. The molecule has 0 N–H and O–H groups in total. The second kappa shape index (κ2) is 8.10. The summed E-state index contributed by atoms with van der Waals surface area (Å²) >= 11 is 2.14. The molecular formula is C26H46OS. The fraction of sp³-hybridized carbons (Fsp3) is 1.00. The molecule has 28 heavy (non-hydrogen) atoms. The number of ether oxygens (including phenoxy) is 1. The lowest BCUT2D eigenvalue weighted by atomic mass is 9.45. The zero-order chi connectivity index (χ0) is 20.0. The fourth-order valence-corrected chi connectivity index (χ4v) is 9.91. The zero-order valence-electron chi connectivity index (χ0n) is 19.4. The topological polar surface area (TPSA) is 9.23 Å². The van der Waals surface area contributed by atoms with E-state index in [4.69, 9.17) is 4.74 Å². The molecule has 4 saturated carbocycles. The molecule has 0 aromatic rings. The van der Waals surface area contributed by atoms with E-state index < -0.39 is 0 Å². The van der Waals surface area contributed by atoms with Crippen molar-refractivity contribution in [3.63, 3.8) is 0 Å². The summed E-state index contributed by atoms with van der Waals surface area (Å²) in [7, 11) is 1.83. The molecule has 4 rings (SSSR count). The second-order valence-corrected chi connectivity index (χ2v) is 13.8. The SMILES string of the molecule is COCCSC(C)(C)CC1CCC2C3CCC4CCCCC4(C)C3CCC12C. The lowest BCUT2D eigenvalue weighted by Gasteiger charge is -2.60. The van der Waals surface area contributed by atoms with E-state index in [1.165, 1.54) is 51.4 Å². The van der Waals surface area contributed by atoms with Crippen LogP contribution in [0, 0.1) is 40.4 Å². The molecule has 7 unspecified atom stereocenters. The highest BCUT2D eigenvalue weighted by Gasteiger charge is 2.59. The van der Waals surface area contributed by atoms with Gasteiger partial charge in [0.1, 0.15) is 0 Å². The van der Waals surface area contributed by atoms with Crippen molar-refractivity contribution >= 4 is 11.8 Å². The van der Waals surface area contributed by atoms with Gasteiger partial charge in [-0.15, -0.1) is 0 Å². The Hall–Kier alpha value is 0.310. The van der Waals surface area contributed by atoms with Gasteiger partial charge in [0.15, 0.2) is 0 Å². The zero-order valence-corrected chi connectivity index (χ0v) is 20.2. The van der Waals surface area contributed by atoms with Gasteiger partial charge in [-0.2, -0.15) is 11.8 Å². The maximum Gasteiger partial charge on any atom is 0.0553 e. The predicted octanol–water partition coefficient (Wildman–Crippen LogP) is 7.58. The minimum atomic E-state index is 0.394. The van der Waals surface area contributed by atoms with Gasteiger partial charge in [-0.05, 0) is 98.2 Å². The first-order valence-electron chi connectivity index (χ1n) is 12.4. The Balaban J connectivity index is 1.46. The summed E-state index contributed by atoms with van der Waals surface area (Å²) in [6.45, 7) is 11.3. The molecule has 0 heterocycles. The summed E-state index contributed by atoms with van der Waals surface area (Å²) in [6, 6.07) is 0. The highest BCUT2D eigenvalue weighted by molar-refractivity contribution is 8.00. The average molecular weight is 407 g/mol. The van der Waals surface area contributed by atoms with E-state index in [0.717, 1.165) is 41.9 Å². The van der Waals surface area contributed by atoms with Crippen LogP contribution in [0.15, 0.2) is 0 Å². The van der Waals surface area contributed by atoms with E-state index in [2.05, 4.69) is 39.5 Å². The molecule has 1 nitrogen and oxygen atoms in total. The monoisotopic (exact) mass is 406 g/mol. The third-order valence-electron chi connectivity index (χ3n) is 10.3. The van der Waals surface area contributed by atoms with Gasteiger partial charge in [-0.25, -0.2) is 0 Å². The van der Waals surface area contributed by atoms with Gasteiger partial charge in [0.25, 0.3) is 0 Å². The van der Waals surface area contributed by atoms with Crippen molar-refractivity contribution in [2.24, 2.45) is 40.4 Å². The summed E-state index contributed by atoms with van der Waals surface area (Å²) in [5.41, 5.74) is 1.31. The van der Waals surface area contributed by atoms with Crippen LogP contribution in [0.5, 0.6) is 0 Å². The minimum Gasteiger partial charge on any atom is -0.384 e. The summed E-state index contributed by atoms with van der Waals surface area (Å²) in [5.74, 6) is 6.26. The van der Waals surface area contributed by atoms with Crippen molar-refractivity contribution in [2.75, 3.05) is 19.5 Å². The van der Waals surface area contributed by atoms with Crippen molar-refractivity contribution < 1.29 is 4.74 Å². The number of methoxy groups -OCH3 is 1. The molecule has 0 aromatic carbocycles. The smallest absolute Gasteiger partial charge is 0.0553 e. The van der Waals surface area contributed by atoms with Gasteiger partial charge in [-0.1, -0.05) is 40.5 Å². The van der Waals surface area contributed by atoms with Crippen LogP contribution < -0.4 is 0 Å². The largest absolute Gasteiger partial charge is 0.384 e. The molecule has 0 bridgehead atoms. The summed E-state index contributed by atoms with van der Waals surface area (Å²) in [5, 5.41) is 0. The van der Waals surface area contributed by atoms with Crippen LogP contribution in [-0.4, -0.2) is 24.2 Å². The average Bonchev–Trinajstić information content (AvgIpc) is 2.97. The van der Waals surface area contributed by atoms with Crippen molar-refractivity contribution in [1.29, 1.82) is 0 Å². The highest BCUT2D eigenvalue weighted by atomic mass is 32.2. The van der Waals surface area contributed by atoms with E-state index in [9.17, 15) is 0 Å². The number of hydrogen-bond donors (Lipinski definition) is 0. The third-order valence-corrected chi connectivity index (χ3v) is 11.6. The van der Waals surface area contributed by atoms with Crippen LogP contribution in [0.3, 0.4) is 0 Å². The molecule has 0 spiro atoms. The number of hydrogen-bond acceptors (Lipinski definition) is 2. The number of fused-ring (bicyclic) bond motifs is 5. The van der Waals surface area contributed by atoms with Crippen molar-refractivity contribution in [3.8, 4) is 0 Å². The molecule has 0 aliphatic heterocycles. The maximum absolute atomic E-state index is 5.30. The van der Waals surface area contributed by atoms with Gasteiger partial charge >= 0.3 is 0 Å². The summed E-state index contributed by atoms with van der Waals surface area (Å²) in [4.78, 5) is 0. The van der Waals surface area contributed by atoms with Crippen molar-refractivity contribution in [2.45, 2.75) is 103 Å². The Morgan fingerprint density at radius 3 is 2.46 bits per heavy atom. The van der Waals surface area contributed by atoms with Gasteiger partial charge in [0, 0.05) is 17.6 Å². The normalized spacial score (nSPS) is 46.0. The Morgan fingerprint density at radius 2 is 1.68 bits per heavy atom. The molecule has 4 aliphatic rings. The molecule has 4 fully saturated rings. The maximum atomic E-state index is 5.30. The van der Waals surface area contributed by atoms with Gasteiger partial charge in [-0.3, -0.25) is 0 Å². The lowest BCUT2D eigenvalue weighted by Crippen LogP contribution is -2.52. The Morgan fingerprint density at radius 1 is 0.893 bits per heavy atom. The van der Waals surface area contributed by atoms with Gasteiger partial charge < -0.3 is 4.74 Å². The molecule has 0 aromatic heterocycles. The first-order chi connectivity index (χ1) is 13.3. The van der Waals surface area contributed by atoms with Crippen LogP contribution in [0.2, 0.25) is 0 Å². The predicted molar refractivity (Wildman–Crippen MR) is 123 cm³/mol. The quantitative estimate of drug-likeness (QED) is 0.420. The Labute approximate surface area is 179 Å². The molecule has 0 amide bonds. The first kappa shape index (κ1) is 21.5. The highest BCUT2D eigenvalue weighted by Crippen LogP contribution is 2.68. The first-order valence-corrected chi connectivity index (χ1v) is 13.4. The van der Waals surface area contributed by atoms with Crippen molar-refractivity contribution in [3.05, 3.63) is 0 Å². The van der Waals surface area contributed by atoms with Crippen LogP contribution in [0.25, 0.3) is 0 Å². The van der Waals surface area contributed by atoms with Gasteiger partial charge in [0.05, 0.1) is 6.61 Å². The molecule has 4 aliphatic carbocycles. The second-order valence-electron chi connectivity index (χ2n) is 12.0. The molecule has 0 saturated heterocycles. The Kier molecular flexibility index (Phi) is 6.23. The Bertz CT molecular complexity index is 545. The van der Waals surface area contributed by atoms with Gasteiger partial charge in [0.2, 0.25) is 0 Å². The summed E-state index contributed by atoms with van der Waals surface area (Å²) in [6.07, 6.45) is 16.7. The van der Waals surface area contributed by atoms with Crippen LogP contribution in [0.4, 0.5) is 0 Å². The van der Waals surface area contributed by atoms with E-state index >= 15 is 0 Å². The molecule has 162 valence electrons. The fourth-order valence-electron chi connectivity index (χ4n) is 8.79. The summed E-state index contributed by atoms with van der Waals surface area (Å²) < 4.78 is 5.70. The third kappa shape index (κ3) is 3.72. The van der Waals surface area contributed by atoms with Crippen LogP contribution >= 0.6 is 11.8 Å². The molecule has 0 radical (unpaired) electrons.